The predicted octanol–water partition coefficient (Wildman–Crippen LogP) is 1.16. The normalized spacial score (nSPS) is 11.6. The highest BCUT2D eigenvalue weighted by Gasteiger charge is 2.33. The van der Waals surface area contributed by atoms with E-state index in [9.17, 15) is 14.7 Å². The maximum absolute atomic E-state index is 12.4. The largest absolute Gasteiger partial charge is 0.508 e. The molecule has 0 saturated heterocycles. The molecule has 1 atom stereocenters. The fraction of sp³-hybridized carbons (Fsp3) is 0.238. The number of hydrogen-bond donors (Lipinski definition) is 5. The van der Waals surface area contributed by atoms with Crippen molar-refractivity contribution in [3.63, 3.8) is 0 Å². The molecule has 8 heteroatoms. The van der Waals surface area contributed by atoms with Gasteiger partial charge in [0.25, 0.3) is 11.8 Å². The Bertz CT molecular complexity index is 907. The summed E-state index contributed by atoms with van der Waals surface area (Å²) in [6, 6.07) is 11.7. The van der Waals surface area contributed by atoms with Gasteiger partial charge in [-0.25, -0.2) is 5.48 Å². The Hall–Kier alpha value is -3.54. The van der Waals surface area contributed by atoms with Gasteiger partial charge in [-0.2, -0.15) is 0 Å². The van der Waals surface area contributed by atoms with Crippen molar-refractivity contribution in [3.05, 3.63) is 59.7 Å². The van der Waals surface area contributed by atoms with Crippen LogP contribution in [0.3, 0.4) is 0 Å². The number of aromatic hydroxyl groups is 1. The van der Waals surface area contributed by atoms with Gasteiger partial charge in [-0.1, -0.05) is 11.8 Å². The van der Waals surface area contributed by atoms with E-state index < -0.39 is 23.4 Å². The lowest BCUT2D eigenvalue weighted by atomic mass is 9.95. The van der Waals surface area contributed by atoms with E-state index >= 15 is 0 Å². The van der Waals surface area contributed by atoms with Crippen LogP contribution in [0, 0.1) is 11.8 Å². The molecule has 0 heterocycles. The lowest BCUT2D eigenvalue weighted by molar-refractivity contribution is -0.132. The standard InChI is InChI=1S/C21H23N3O5/c1-21(2,22)18(20(27)24-28)23-19(26)15-7-11-17(12-8-15)29-13-3-4-14-5-9-16(25)10-6-14/h5-12,18,25,28H,13,22H2,1-2H3,(H,23,26)(H,24,27)/t18-/m1/s1. The Balaban J connectivity index is 1.94. The Morgan fingerprint density at radius 3 is 2.31 bits per heavy atom. The van der Waals surface area contributed by atoms with Crippen molar-refractivity contribution in [1.29, 1.82) is 0 Å². The Morgan fingerprint density at radius 1 is 1.14 bits per heavy atom. The summed E-state index contributed by atoms with van der Waals surface area (Å²) in [5, 5.41) is 20.6. The zero-order valence-electron chi connectivity index (χ0n) is 16.1. The predicted molar refractivity (Wildman–Crippen MR) is 106 cm³/mol. The fourth-order valence-corrected chi connectivity index (χ4v) is 2.37. The van der Waals surface area contributed by atoms with Gasteiger partial charge >= 0.3 is 0 Å². The van der Waals surface area contributed by atoms with E-state index in [1.54, 1.807) is 50.2 Å². The summed E-state index contributed by atoms with van der Waals surface area (Å²) in [6.07, 6.45) is 0. The molecule has 0 spiro atoms. The van der Waals surface area contributed by atoms with E-state index in [-0.39, 0.29) is 12.4 Å². The Kier molecular flexibility index (Phi) is 7.20. The lowest BCUT2D eigenvalue weighted by Crippen LogP contribution is -2.61. The Labute approximate surface area is 168 Å². The number of phenols is 1. The summed E-state index contributed by atoms with van der Waals surface area (Å²) < 4.78 is 5.51. The average Bonchev–Trinajstić information content (AvgIpc) is 2.69. The Morgan fingerprint density at radius 2 is 1.76 bits per heavy atom. The summed E-state index contributed by atoms with van der Waals surface area (Å²) in [4.78, 5) is 24.1. The van der Waals surface area contributed by atoms with Crippen LogP contribution in [0.15, 0.2) is 48.5 Å². The van der Waals surface area contributed by atoms with Crippen LogP contribution in [-0.2, 0) is 4.79 Å². The number of hydrogen-bond acceptors (Lipinski definition) is 6. The van der Waals surface area contributed by atoms with Gasteiger partial charge in [-0.3, -0.25) is 14.8 Å². The highest BCUT2D eigenvalue weighted by atomic mass is 16.5. The van der Waals surface area contributed by atoms with E-state index in [0.29, 0.717) is 11.3 Å². The molecule has 29 heavy (non-hydrogen) atoms. The number of phenolic OH excluding ortho intramolecular Hbond substituents is 1. The molecule has 0 radical (unpaired) electrons. The first-order valence-corrected chi connectivity index (χ1v) is 8.75. The van der Waals surface area contributed by atoms with E-state index in [2.05, 4.69) is 17.2 Å². The number of nitrogens with one attached hydrogen (secondary N) is 2. The zero-order chi connectivity index (χ0) is 21.4. The van der Waals surface area contributed by atoms with Gasteiger partial charge in [0.1, 0.15) is 24.1 Å². The quantitative estimate of drug-likeness (QED) is 0.282. The molecule has 8 nitrogen and oxygen atoms in total. The summed E-state index contributed by atoms with van der Waals surface area (Å²) in [6.45, 7) is 3.26. The average molecular weight is 397 g/mol. The number of rotatable bonds is 6. The highest BCUT2D eigenvalue weighted by Crippen LogP contribution is 2.13. The molecular weight excluding hydrogens is 374 g/mol. The monoisotopic (exact) mass is 397 g/mol. The molecule has 0 aromatic heterocycles. The maximum Gasteiger partial charge on any atom is 0.267 e. The van der Waals surface area contributed by atoms with Crippen LogP contribution in [0.4, 0.5) is 0 Å². The second kappa shape index (κ2) is 9.59. The van der Waals surface area contributed by atoms with Crippen LogP contribution in [0.5, 0.6) is 11.5 Å². The first-order chi connectivity index (χ1) is 13.7. The van der Waals surface area contributed by atoms with E-state index in [4.69, 9.17) is 15.7 Å². The van der Waals surface area contributed by atoms with Crippen LogP contribution in [0.25, 0.3) is 0 Å². The minimum absolute atomic E-state index is 0.145. The fourth-order valence-electron chi connectivity index (χ4n) is 2.37. The van der Waals surface area contributed by atoms with Crippen molar-refractivity contribution in [2.45, 2.75) is 25.4 Å². The van der Waals surface area contributed by atoms with Gasteiger partial charge in [0.05, 0.1) is 0 Å². The number of hydroxylamine groups is 1. The third-order valence-corrected chi connectivity index (χ3v) is 3.92. The highest BCUT2D eigenvalue weighted by molar-refractivity contribution is 5.97. The number of carbonyl (C=O) groups is 2. The minimum Gasteiger partial charge on any atom is -0.508 e. The van der Waals surface area contributed by atoms with E-state index in [1.165, 1.54) is 17.6 Å². The SMILES string of the molecule is CC(C)(N)[C@H](NC(=O)c1ccc(OCC#Cc2ccc(O)cc2)cc1)C(=O)NO. The minimum atomic E-state index is -1.12. The van der Waals surface area contributed by atoms with Crippen molar-refractivity contribution in [2.24, 2.45) is 5.73 Å². The van der Waals surface area contributed by atoms with Gasteiger partial charge < -0.3 is 20.9 Å². The molecule has 0 bridgehead atoms. The second-order valence-corrected chi connectivity index (χ2v) is 6.87. The van der Waals surface area contributed by atoms with Gasteiger partial charge in [0.15, 0.2) is 0 Å². The maximum atomic E-state index is 12.4. The summed E-state index contributed by atoms with van der Waals surface area (Å²) in [5.74, 6) is 5.13. The third-order valence-electron chi connectivity index (χ3n) is 3.92. The molecule has 2 amide bonds. The summed E-state index contributed by atoms with van der Waals surface area (Å²) >= 11 is 0. The van der Waals surface area contributed by atoms with Crippen molar-refractivity contribution in [2.75, 3.05) is 6.61 Å². The van der Waals surface area contributed by atoms with Gasteiger partial charge in [0, 0.05) is 16.7 Å². The van der Waals surface area contributed by atoms with E-state index in [1.807, 2.05) is 0 Å². The van der Waals surface area contributed by atoms with Crippen LogP contribution in [-0.4, -0.2) is 40.3 Å². The molecule has 152 valence electrons. The smallest absolute Gasteiger partial charge is 0.267 e. The van der Waals surface area contributed by atoms with Gasteiger partial charge in [-0.15, -0.1) is 0 Å². The van der Waals surface area contributed by atoms with Crippen LogP contribution >= 0.6 is 0 Å². The van der Waals surface area contributed by atoms with Gasteiger partial charge in [-0.05, 0) is 62.4 Å². The molecule has 0 saturated carbocycles. The molecule has 2 rings (SSSR count). The number of amides is 2. The molecule has 2 aromatic carbocycles. The van der Waals surface area contributed by atoms with Crippen LogP contribution in [0.1, 0.15) is 29.8 Å². The number of carbonyl (C=O) groups excluding carboxylic acids is 2. The summed E-state index contributed by atoms with van der Waals surface area (Å²) in [5.41, 5.74) is 7.36. The molecule has 6 N–H and O–H groups in total. The molecular formula is C21H23N3O5. The van der Waals surface area contributed by atoms with Crippen LogP contribution in [0.2, 0.25) is 0 Å². The van der Waals surface area contributed by atoms with Crippen LogP contribution < -0.4 is 21.3 Å². The first-order valence-electron chi connectivity index (χ1n) is 8.75. The lowest BCUT2D eigenvalue weighted by Gasteiger charge is -2.29. The van der Waals surface area contributed by atoms with Crippen molar-refractivity contribution in [1.82, 2.24) is 10.8 Å². The second-order valence-electron chi connectivity index (χ2n) is 6.87. The zero-order valence-corrected chi connectivity index (χ0v) is 16.1. The van der Waals surface area contributed by atoms with Crippen molar-refractivity contribution >= 4 is 11.8 Å². The molecule has 0 aliphatic rings. The number of ether oxygens (including phenoxy) is 1. The number of benzene rings is 2. The molecule has 0 aliphatic carbocycles. The molecule has 0 aliphatic heterocycles. The molecule has 2 aromatic rings. The third kappa shape index (κ3) is 6.53. The van der Waals surface area contributed by atoms with Crippen molar-refractivity contribution in [3.8, 4) is 23.3 Å². The molecule has 0 fully saturated rings. The molecule has 0 unspecified atom stereocenters. The van der Waals surface area contributed by atoms with E-state index in [0.717, 1.165) is 5.56 Å². The summed E-state index contributed by atoms with van der Waals surface area (Å²) in [7, 11) is 0. The topological polar surface area (TPSA) is 134 Å². The van der Waals surface area contributed by atoms with Gasteiger partial charge in [0.2, 0.25) is 0 Å². The number of nitrogens with two attached hydrogens (primary N) is 1. The first kappa shape index (κ1) is 21.8. The van der Waals surface area contributed by atoms with Crippen molar-refractivity contribution < 1.29 is 24.6 Å².